The third-order valence-electron chi connectivity index (χ3n) is 6.06. The second-order valence-corrected chi connectivity index (χ2v) is 9.56. The quantitative estimate of drug-likeness (QED) is 0.452. The van der Waals surface area contributed by atoms with Gasteiger partial charge in [-0.3, -0.25) is 19.2 Å². The molecule has 172 valence electrons. The zero-order chi connectivity index (χ0) is 23.9. The number of aromatic nitrogens is 2. The number of nitrogens with one attached hydrogen (secondary N) is 1. The Morgan fingerprint density at radius 1 is 1.15 bits per heavy atom. The van der Waals surface area contributed by atoms with E-state index < -0.39 is 17.3 Å². The molecule has 3 heterocycles. The summed E-state index contributed by atoms with van der Waals surface area (Å²) in [5, 5.41) is 9.53. The van der Waals surface area contributed by atoms with E-state index in [0.29, 0.717) is 23.6 Å². The van der Waals surface area contributed by atoms with Crippen LogP contribution in [0.5, 0.6) is 0 Å². The number of carbonyl (C=O) groups excluding carboxylic acids is 2. The van der Waals surface area contributed by atoms with Gasteiger partial charge in [-0.2, -0.15) is 5.10 Å². The van der Waals surface area contributed by atoms with Crippen LogP contribution >= 0.6 is 11.3 Å². The Labute approximate surface area is 200 Å². The number of nitrogens with zero attached hydrogens (tertiary/aromatic N) is 3. The van der Waals surface area contributed by atoms with Crippen LogP contribution in [0.25, 0.3) is 10.6 Å². The molecule has 1 aliphatic rings. The predicted octanol–water partition coefficient (Wildman–Crippen LogP) is 4.79. The highest BCUT2D eigenvalue weighted by Gasteiger charge is 2.49. The highest BCUT2D eigenvalue weighted by atomic mass is 32.1. The molecule has 1 unspecified atom stereocenters. The molecule has 6 nitrogen and oxygen atoms in total. The average Bonchev–Trinajstić information content (AvgIpc) is 3.48. The van der Waals surface area contributed by atoms with Crippen LogP contribution in [0, 0.1) is 12.7 Å². The number of anilines is 1. The maximum atomic E-state index is 14.1. The van der Waals surface area contributed by atoms with Crippen molar-refractivity contribution in [2.75, 3.05) is 4.90 Å². The second kappa shape index (κ2) is 8.53. The number of thiophene rings is 1. The fourth-order valence-corrected chi connectivity index (χ4v) is 4.91. The number of hydrogen-bond acceptors (Lipinski definition) is 4. The number of amides is 2. The minimum absolute atomic E-state index is 0.135. The molecule has 4 aromatic rings. The zero-order valence-corrected chi connectivity index (χ0v) is 19.6. The van der Waals surface area contributed by atoms with E-state index in [0.717, 1.165) is 16.0 Å². The monoisotopic (exact) mass is 474 g/mol. The van der Waals surface area contributed by atoms with Crippen molar-refractivity contribution in [1.29, 1.82) is 0 Å². The molecule has 0 saturated heterocycles. The Balaban J connectivity index is 1.53. The van der Waals surface area contributed by atoms with Gasteiger partial charge in [0.2, 0.25) is 5.91 Å². The van der Waals surface area contributed by atoms with Crippen LogP contribution in [0.3, 0.4) is 0 Å². The maximum Gasteiger partial charge on any atom is 0.277 e. The van der Waals surface area contributed by atoms with E-state index in [2.05, 4.69) is 10.4 Å². The molecule has 5 rings (SSSR count). The lowest BCUT2D eigenvalue weighted by atomic mass is 9.93. The van der Waals surface area contributed by atoms with E-state index >= 15 is 0 Å². The first kappa shape index (κ1) is 22.0. The smallest absolute Gasteiger partial charge is 0.277 e. The summed E-state index contributed by atoms with van der Waals surface area (Å²) >= 11 is 1.52. The lowest BCUT2D eigenvalue weighted by Crippen LogP contribution is -2.64. The number of rotatable bonds is 5. The van der Waals surface area contributed by atoms with E-state index in [1.807, 2.05) is 48.7 Å². The van der Waals surface area contributed by atoms with Crippen LogP contribution in [0.15, 0.2) is 72.1 Å². The van der Waals surface area contributed by atoms with E-state index in [1.165, 1.54) is 34.4 Å². The molecule has 2 aromatic heterocycles. The molecule has 34 heavy (non-hydrogen) atoms. The Morgan fingerprint density at radius 3 is 2.65 bits per heavy atom. The van der Waals surface area contributed by atoms with Crippen LogP contribution in [0.2, 0.25) is 0 Å². The number of benzene rings is 2. The molecule has 2 amide bonds. The summed E-state index contributed by atoms with van der Waals surface area (Å²) in [6.07, 6.45) is 0. The summed E-state index contributed by atoms with van der Waals surface area (Å²) in [5.41, 5.74) is 2.11. The molecule has 0 spiro atoms. The second-order valence-electron chi connectivity index (χ2n) is 8.61. The van der Waals surface area contributed by atoms with Crippen molar-refractivity contribution in [2.45, 2.75) is 32.5 Å². The van der Waals surface area contributed by atoms with Gasteiger partial charge in [0.05, 0.1) is 11.4 Å². The Kier molecular flexibility index (Phi) is 5.53. The van der Waals surface area contributed by atoms with Crippen LogP contribution in [0.1, 0.15) is 28.5 Å². The molecule has 1 N–H and O–H groups in total. The Morgan fingerprint density at radius 2 is 1.94 bits per heavy atom. The van der Waals surface area contributed by atoms with Gasteiger partial charge < -0.3 is 5.32 Å². The summed E-state index contributed by atoms with van der Waals surface area (Å²) in [5.74, 6) is -1.23. The lowest BCUT2D eigenvalue weighted by molar-refractivity contribution is -0.126. The fraction of sp³-hybridized carbons (Fsp3) is 0.192. The van der Waals surface area contributed by atoms with Gasteiger partial charge in [-0.25, -0.2) is 4.39 Å². The van der Waals surface area contributed by atoms with Crippen molar-refractivity contribution in [3.05, 3.63) is 94.7 Å². The first-order chi connectivity index (χ1) is 16.3. The summed E-state index contributed by atoms with van der Waals surface area (Å²) in [6, 6.07) is 19.2. The van der Waals surface area contributed by atoms with Crippen molar-refractivity contribution in [1.82, 2.24) is 15.1 Å². The third-order valence-corrected chi connectivity index (χ3v) is 6.95. The number of halogens is 1. The summed E-state index contributed by atoms with van der Waals surface area (Å²) < 4.78 is 15.7. The van der Waals surface area contributed by atoms with Crippen molar-refractivity contribution < 1.29 is 14.0 Å². The molecule has 0 fully saturated rings. The number of fused-ring (bicyclic) bond motifs is 1. The standard InChI is InChI=1S/C26H23FN4O2S/c1-17-8-10-18(11-9-17)15-28-25(33)26(2)16-30-22(14-21(29-30)23-7-4-12-34-23)24(32)31(26)20-6-3-5-19(27)13-20/h3-14H,15-16H2,1-2H3,(H,28,33). The van der Waals surface area contributed by atoms with Crippen molar-refractivity contribution in [3.63, 3.8) is 0 Å². The molecular formula is C26H23FN4O2S. The van der Waals surface area contributed by atoms with Gasteiger partial charge in [0, 0.05) is 12.2 Å². The van der Waals surface area contributed by atoms with Gasteiger partial charge in [0.25, 0.3) is 5.91 Å². The summed E-state index contributed by atoms with van der Waals surface area (Å²) in [7, 11) is 0. The summed E-state index contributed by atoms with van der Waals surface area (Å²) in [6.45, 7) is 4.14. The molecule has 0 bridgehead atoms. The first-order valence-corrected chi connectivity index (χ1v) is 11.8. The van der Waals surface area contributed by atoms with Crippen molar-refractivity contribution in [2.24, 2.45) is 0 Å². The van der Waals surface area contributed by atoms with Crippen molar-refractivity contribution in [3.8, 4) is 10.6 Å². The minimum atomic E-state index is -1.32. The molecular weight excluding hydrogens is 451 g/mol. The highest BCUT2D eigenvalue weighted by molar-refractivity contribution is 7.13. The molecule has 8 heteroatoms. The minimum Gasteiger partial charge on any atom is -0.350 e. The summed E-state index contributed by atoms with van der Waals surface area (Å²) in [4.78, 5) is 29.6. The van der Waals surface area contributed by atoms with Gasteiger partial charge >= 0.3 is 0 Å². The SMILES string of the molecule is Cc1ccc(CNC(=O)C2(C)Cn3nc(-c4cccs4)cc3C(=O)N2c2cccc(F)c2)cc1. The molecule has 1 aliphatic heterocycles. The third kappa shape index (κ3) is 3.90. The lowest BCUT2D eigenvalue weighted by Gasteiger charge is -2.43. The van der Waals surface area contributed by atoms with Gasteiger partial charge in [-0.05, 0) is 55.1 Å². The largest absolute Gasteiger partial charge is 0.350 e. The van der Waals surface area contributed by atoms with Crippen molar-refractivity contribution >= 4 is 28.8 Å². The number of aryl methyl sites for hydroxylation is 1. The molecule has 2 aromatic carbocycles. The van der Waals surface area contributed by atoms with Crippen LogP contribution in [0.4, 0.5) is 10.1 Å². The first-order valence-electron chi connectivity index (χ1n) is 10.9. The predicted molar refractivity (Wildman–Crippen MR) is 130 cm³/mol. The van der Waals surface area contributed by atoms with Crippen LogP contribution in [-0.2, 0) is 17.9 Å². The van der Waals surface area contributed by atoms with E-state index in [9.17, 15) is 14.0 Å². The number of hydrogen-bond donors (Lipinski definition) is 1. The normalized spacial score (nSPS) is 17.5. The zero-order valence-electron chi connectivity index (χ0n) is 18.8. The van der Waals surface area contributed by atoms with E-state index in [-0.39, 0.29) is 12.5 Å². The molecule has 0 saturated carbocycles. The molecule has 0 radical (unpaired) electrons. The number of carbonyl (C=O) groups is 2. The topological polar surface area (TPSA) is 67.2 Å². The van der Waals surface area contributed by atoms with E-state index in [1.54, 1.807) is 23.7 Å². The van der Waals surface area contributed by atoms with Crippen LogP contribution in [-0.4, -0.2) is 27.1 Å². The van der Waals surface area contributed by atoms with Crippen LogP contribution < -0.4 is 10.2 Å². The Bertz CT molecular complexity index is 1360. The maximum absolute atomic E-state index is 14.1. The Hall–Kier alpha value is -3.78. The van der Waals surface area contributed by atoms with Gasteiger partial charge in [0.15, 0.2) is 0 Å². The van der Waals surface area contributed by atoms with E-state index in [4.69, 9.17) is 0 Å². The molecule has 0 aliphatic carbocycles. The highest BCUT2D eigenvalue weighted by Crippen LogP contribution is 2.35. The molecule has 1 atom stereocenters. The fourth-order valence-electron chi connectivity index (χ4n) is 4.22. The average molecular weight is 475 g/mol. The van der Waals surface area contributed by atoms with Gasteiger partial charge in [-0.15, -0.1) is 11.3 Å². The van der Waals surface area contributed by atoms with Gasteiger partial charge in [-0.1, -0.05) is 42.0 Å². The van der Waals surface area contributed by atoms with Gasteiger partial charge in [0.1, 0.15) is 22.7 Å².